The molecule has 1 N–H and O–H groups in total. The van der Waals surface area contributed by atoms with Gasteiger partial charge in [-0.25, -0.2) is 0 Å². The van der Waals surface area contributed by atoms with Crippen molar-refractivity contribution in [3.05, 3.63) is 0 Å². The minimum Gasteiger partial charge on any atom is -0.310 e. The Morgan fingerprint density at radius 2 is 1.53 bits per heavy atom. The maximum Gasteiger partial charge on any atom is 0.454 e. The largest absolute Gasteiger partial charge is 0.454 e. The van der Waals surface area contributed by atoms with Gasteiger partial charge in [0.05, 0.1) is 6.54 Å². The van der Waals surface area contributed by atoms with Gasteiger partial charge in [-0.3, -0.25) is 0 Å². The highest BCUT2D eigenvalue weighted by Crippen LogP contribution is 2.34. The van der Waals surface area contributed by atoms with Gasteiger partial charge in [0.25, 0.3) is 0 Å². The van der Waals surface area contributed by atoms with Crippen molar-refractivity contribution in [2.45, 2.75) is 31.4 Å². The van der Waals surface area contributed by atoms with Gasteiger partial charge in [-0.2, -0.15) is 22.0 Å². The third-order valence-electron chi connectivity index (χ3n) is 2.82. The minimum atomic E-state index is -5.47. The summed E-state index contributed by atoms with van der Waals surface area (Å²) in [6.45, 7) is 1.14. The zero-order chi connectivity index (χ0) is 12.9. The van der Waals surface area contributed by atoms with Crippen molar-refractivity contribution < 1.29 is 22.0 Å². The summed E-state index contributed by atoms with van der Waals surface area (Å²) in [5.74, 6) is -4.64. The van der Waals surface area contributed by atoms with Crippen LogP contribution in [0.2, 0.25) is 0 Å². The van der Waals surface area contributed by atoms with E-state index in [1.165, 1.54) is 0 Å². The lowest BCUT2D eigenvalue weighted by molar-refractivity contribution is -0.279. The number of piperidine rings is 1. The first kappa shape index (κ1) is 14.6. The Morgan fingerprint density at radius 1 is 0.941 bits per heavy atom. The maximum atomic E-state index is 12.5. The quantitative estimate of drug-likeness (QED) is 0.602. The molecule has 0 aromatic rings. The van der Waals surface area contributed by atoms with Gasteiger partial charge in [0.15, 0.2) is 0 Å². The van der Waals surface area contributed by atoms with Crippen LogP contribution >= 0.6 is 0 Å². The molecule has 7 heteroatoms. The van der Waals surface area contributed by atoms with E-state index in [9.17, 15) is 22.0 Å². The Bertz CT molecular complexity index is 223. The fourth-order valence-corrected chi connectivity index (χ4v) is 1.77. The number of alkyl halides is 5. The summed E-state index contributed by atoms with van der Waals surface area (Å²) in [6.07, 6.45) is -2.17. The molecule has 0 amide bonds. The monoisotopic (exact) mass is 260 g/mol. The van der Waals surface area contributed by atoms with Gasteiger partial charge in [-0.1, -0.05) is 6.42 Å². The van der Waals surface area contributed by atoms with Gasteiger partial charge >= 0.3 is 12.1 Å². The van der Waals surface area contributed by atoms with Crippen LogP contribution in [0.25, 0.3) is 0 Å². The Morgan fingerprint density at radius 3 is 2.06 bits per heavy atom. The normalized spacial score (nSPS) is 19.6. The molecule has 1 heterocycles. The predicted octanol–water partition coefficient (Wildman–Crippen LogP) is 2.26. The Kier molecular flexibility index (Phi) is 5.12. The molecule has 0 unspecified atom stereocenters. The van der Waals surface area contributed by atoms with E-state index in [2.05, 4.69) is 10.2 Å². The summed E-state index contributed by atoms with van der Waals surface area (Å²) in [5, 5.41) is 2.17. The Balaban J connectivity index is 2.15. The molecule has 102 valence electrons. The van der Waals surface area contributed by atoms with Crippen molar-refractivity contribution in [2.75, 3.05) is 32.7 Å². The third kappa shape index (κ3) is 4.75. The molecular formula is C10H17F5N2. The van der Waals surface area contributed by atoms with Crippen LogP contribution in [0.1, 0.15) is 19.3 Å². The molecule has 1 rings (SSSR count). The number of halogens is 5. The highest BCUT2D eigenvalue weighted by atomic mass is 19.4. The molecule has 2 nitrogen and oxygen atoms in total. The van der Waals surface area contributed by atoms with E-state index in [1.54, 1.807) is 0 Å². The molecule has 1 fully saturated rings. The number of likely N-dealkylation sites (tertiary alicyclic amines) is 1. The smallest absolute Gasteiger partial charge is 0.310 e. The lowest BCUT2D eigenvalue weighted by Crippen LogP contribution is -2.47. The fraction of sp³-hybridized carbons (Fsp3) is 1.00. The van der Waals surface area contributed by atoms with Gasteiger partial charge in [0.1, 0.15) is 0 Å². The van der Waals surface area contributed by atoms with Crippen molar-refractivity contribution in [2.24, 2.45) is 0 Å². The number of nitrogens with zero attached hydrogens (tertiary/aromatic N) is 1. The third-order valence-corrected chi connectivity index (χ3v) is 2.82. The first-order valence-corrected chi connectivity index (χ1v) is 5.70. The average molecular weight is 260 g/mol. The highest BCUT2D eigenvalue weighted by Gasteiger charge is 2.56. The van der Waals surface area contributed by atoms with Gasteiger partial charge in [0.2, 0.25) is 0 Å². The molecule has 0 radical (unpaired) electrons. The fourth-order valence-electron chi connectivity index (χ4n) is 1.77. The van der Waals surface area contributed by atoms with Crippen molar-refractivity contribution in [3.63, 3.8) is 0 Å². The molecule has 0 atom stereocenters. The van der Waals surface area contributed by atoms with E-state index < -0.39 is 18.6 Å². The summed E-state index contributed by atoms with van der Waals surface area (Å²) in [7, 11) is 0. The van der Waals surface area contributed by atoms with Crippen molar-refractivity contribution in [3.8, 4) is 0 Å². The van der Waals surface area contributed by atoms with Crippen LogP contribution in [-0.4, -0.2) is 49.7 Å². The number of hydrogen-bond acceptors (Lipinski definition) is 2. The van der Waals surface area contributed by atoms with Crippen molar-refractivity contribution >= 4 is 0 Å². The van der Waals surface area contributed by atoms with Crippen LogP contribution in [0.15, 0.2) is 0 Å². The molecule has 1 saturated heterocycles. The molecule has 17 heavy (non-hydrogen) atoms. The summed E-state index contributed by atoms with van der Waals surface area (Å²) < 4.78 is 60.4. The van der Waals surface area contributed by atoms with Gasteiger partial charge in [-0.05, 0) is 25.9 Å². The summed E-state index contributed by atoms with van der Waals surface area (Å²) in [6, 6.07) is 0. The minimum absolute atomic E-state index is 0.158. The topological polar surface area (TPSA) is 15.3 Å². The number of nitrogens with one attached hydrogen (secondary N) is 1. The second-order valence-corrected chi connectivity index (χ2v) is 4.28. The van der Waals surface area contributed by atoms with E-state index in [0.29, 0.717) is 6.54 Å². The van der Waals surface area contributed by atoms with Gasteiger partial charge in [0, 0.05) is 13.1 Å². The molecular weight excluding hydrogens is 243 g/mol. The van der Waals surface area contributed by atoms with Crippen LogP contribution in [0.5, 0.6) is 0 Å². The van der Waals surface area contributed by atoms with E-state index in [4.69, 9.17) is 0 Å². The molecule has 1 aliphatic heterocycles. The zero-order valence-electron chi connectivity index (χ0n) is 9.49. The molecule has 0 bridgehead atoms. The van der Waals surface area contributed by atoms with Crippen LogP contribution in [0.3, 0.4) is 0 Å². The highest BCUT2D eigenvalue weighted by molar-refractivity contribution is 4.78. The van der Waals surface area contributed by atoms with E-state index in [0.717, 1.165) is 32.4 Å². The lowest BCUT2D eigenvalue weighted by atomic mass is 10.1. The van der Waals surface area contributed by atoms with Crippen molar-refractivity contribution in [1.29, 1.82) is 0 Å². The van der Waals surface area contributed by atoms with Crippen LogP contribution in [-0.2, 0) is 0 Å². The SMILES string of the molecule is FC(F)(F)C(F)(F)CNCCN1CCCCC1. The number of hydrogen-bond donors (Lipinski definition) is 1. The van der Waals surface area contributed by atoms with Crippen LogP contribution in [0.4, 0.5) is 22.0 Å². The summed E-state index contributed by atoms with van der Waals surface area (Å²) in [4.78, 5) is 2.07. The zero-order valence-corrected chi connectivity index (χ0v) is 9.49. The molecule has 0 saturated carbocycles. The predicted molar refractivity (Wildman–Crippen MR) is 54.2 cm³/mol. The van der Waals surface area contributed by atoms with Crippen LogP contribution in [0, 0.1) is 0 Å². The molecule has 1 aliphatic rings. The second kappa shape index (κ2) is 5.95. The first-order chi connectivity index (χ1) is 7.83. The standard InChI is InChI=1S/C10H17F5N2/c11-9(12,10(13,14)15)8-16-4-7-17-5-2-1-3-6-17/h16H,1-8H2. The summed E-state index contributed by atoms with van der Waals surface area (Å²) in [5.41, 5.74) is 0. The van der Waals surface area contributed by atoms with Crippen LogP contribution < -0.4 is 5.32 Å². The Labute approximate surface area is 97.2 Å². The molecule has 0 aromatic heterocycles. The molecule has 0 aliphatic carbocycles. The van der Waals surface area contributed by atoms with E-state index in [1.807, 2.05) is 0 Å². The Hall–Kier alpha value is -0.430. The average Bonchev–Trinajstić information content (AvgIpc) is 2.24. The van der Waals surface area contributed by atoms with E-state index >= 15 is 0 Å². The summed E-state index contributed by atoms with van der Waals surface area (Å²) >= 11 is 0. The van der Waals surface area contributed by atoms with Gasteiger partial charge in [-0.15, -0.1) is 0 Å². The van der Waals surface area contributed by atoms with Crippen molar-refractivity contribution in [1.82, 2.24) is 10.2 Å². The van der Waals surface area contributed by atoms with Gasteiger partial charge < -0.3 is 10.2 Å². The van der Waals surface area contributed by atoms with E-state index in [-0.39, 0.29) is 6.54 Å². The first-order valence-electron chi connectivity index (χ1n) is 5.70. The second-order valence-electron chi connectivity index (χ2n) is 4.28. The lowest BCUT2D eigenvalue weighted by Gasteiger charge is -2.27. The number of rotatable bonds is 5. The maximum absolute atomic E-state index is 12.5. The molecule has 0 aromatic carbocycles. The molecule has 0 spiro atoms.